The highest BCUT2D eigenvalue weighted by Gasteiger charge is 2.27. The van der Waals surface area contributed by atoms with Crippen molar-refractivity contribution in [3.63, 3.8) is 0 Å². The maximum Gasteiger partial charge on any atom is 0.317 e. The van der Waals surface area contributed by atoms with Crippen LogP contribution in [0.15, 0.2) is 12.2 Å². The number of likely N-dealkylation sites (tertiary alicyclic amines) is 1. The molecule has 0 aromatic rings. The van der Waals surface area contributed by atoms with E-state index in [1.54, 1.807) is 0 Å². The van der Waals surface area contributed by atoms with Gasteiger partial charge < -0.3 is 15.3 Å². The molecule has 2 amide bonds. The van der Waals surface area contributed by atoms with Gasteiger partial charge in [-0.3, -0.25) is 4.79 Å². The molecule has 1 fully saturated rings. The molecule has 2 aliphatic rings. The Bertz CT molecular complexity index is 373. The van der Waals surface area contributed by atoms with Crippen molar-refractivity contribution in [2.75, 3.05) is 13.1 Å². The number of nitrogens with zero attached hydrogens (tertiary/aromatic N) is 1. The van der Waals surface area contributed by atoms with Crippen LogP contribution in [-0.4, -0.2) is 41.1 Å². The minimum Gasteiger partial charge on any atom is -0.481 e. The van der Waals surface area contributed by atoms with Crippen LogP contribution >= 0.6 is 0 Å². The summed E-state index contributed by atoms with van der Waals surface area (Å²) < 4.78 is 0. The number of rotatable bonds is 5. The van der Waals surface area contributed by atoms with Crippen LogP contribution in [0.5, 0.6) is 0 Å². The zero-order chi connectivity index (χ0) is 14.4. The fourth-order valence-electron chi connectivity index (χ4n) is 3.03. The number of amides is 2. The van der Waals surface area contributed by atoms with Gasteiger partial charge in [0.15, 0.2) is 0 Å². The molecule has 1 aliphatic carbocycles. The Morgan fingerprint density at radius 3 is 2.70 bits per heavy atom. The van der Waals surface area contributed by atoms with Crippen LogP contribution in [0, 0.1) is 5.92 Å². The first-order valence-electron chi connectivity index (χ1n) is 7.58. The molecule has 0 saturated carbocycles. The number of aliphatic carboxylic acids is 1. The number of allylic oxidation sites excluding steroid dienone is 2. The van der Waals surface area contributed by atoms with Crippen molar-refractivity contribution in [1.29, 1.82) is 0 Å². The summed E-state index contributed by atoms with van der Waals surface area (Å²) in [6.07, 6.45) is 10.1. The van der Waals surface area contributed by atoms with E-state index >= 15 is 0 Å². The third-order valence-corrected chi connectivity index (χ3v) is 4.23. The number of urea groups is 1. The van der Waals surface area contributed by atoms with E-state index in [0.29, 0.717) is 18.9 Å². The van der Waals surface area contributed by atoms with Gasteiger partial charge >= 0.3 is 12.0 Å². The Hall–Kier alpha value is -1.52. The maximum absolute atomic E-state index is 12.3. The van der Waals surface area contributed by atoms with E-state index in [9.17, 15) is 9.59 Å². The predicted octanol–water partition coefficient (Wildman–Crippen LogP) is 2.38. The van der Waals surface area contributed by atoms with E-state index in [1.165, 1.54) is 0 Å². The van der Waals surface area contributed by atoms with Crippen LogP contribution in [0.1, 0.15) is 44.9 Å². The van der Waals surface area contributed by atoms with Crippen molar-refractivity contribution < 1.29 is 14.7 Å². The molecular formula is C15H24N2O3. The summed E-state index contributed by atoms with van der Waals surface area (Å²) in [5.41, 5.74) is 0. The number of piperidine rings is 1. The lowest BCUT2D eigenvalue weighted by atomic mass is 9.98. The van der Waals surface area contributed by atoms with E-state index in [-0.39, 0.29) is 18.5 Å². The second kappa shape index (κ2) is 7.31. The predicted molar refractivity (Wildman–Crippen MR) is 76.5 cm³/mol. The smallest absolute Gasteiger partial charge is 0.317 e. The molecule has 2 rings (SSSR count). The molecule has 0 spiro atoms. The highest BCUT2D eigenvalue weighted by molar-refractivity contribution is 5.74. The molecule has 2 N–H and O–H groups in total. The maximum atomic E-state index is 12.3. The highest BCUT2D eigenvalue weighted by Crippen LogP contribution is 2.21. The number of nitrogens with one attached hydrogen (secondary N) is 1. The van der Waals surface area contributed by atoms with Crippen LogP contribution in [0.2, 0.25) is 0 Å². The van der Waals surface area contributed by atoms with Crippen LogP contribution < -0.4 is 5.32 Å². The third kappa shape index (κ3) is 4.25. The summed E-state index contributed by atoms with van der Waals surface area (Å²) in [4.78, 5) is 24.8. The van der Waals surface area contributed by atoms with Crippen LogP contribution in [0.25, 0.3) is 0 Å². The Morgan fingerprint density at radius 2 is 2.00 bits per heavy atom. The van der Waals surface area contributed by atoms with Crippen LogP contribution in [0.4, 0.5) is 4.79 Å². The zero-order valence-corrected chi connectivity index (χ0v) is 11.9. The second-order valence-electron chi connectivity index (χ2n) is 5.77. The number of carboxylic acids is 1. The van der Waals surface area contributed by atoms with Crippen molar-refractivity contribution in [3.8, 4) is 0 Å². The van der Waals surface area contributed by atoms with Gasteiger partial charge in [0.2, 0.25) is 0 Å². The largest absolute Gasteiger partial charge is 0.481 e. The van der Waals surface area contributed by atoms with E-state index < -0.39 is 5.97 Å². The average molecular weight is 280 g/mol. The van der Waals surface area contributed by atoms with Gasteiger partial charge in [-0.1, -0.05) is 12.2 Å². The first-order valence-corrected chi connectivity index (χ1v) is 7.58. The van der Waals surface area contributed by atoms with Gasteiger partial charge in [-0.15, -0.1) is 0 Å². The van der Waals surface area contributed by atoms with Crippen molar-refractivity contribution in [2.45, 2.75) is 51.0 Å². The molecule has 0 aromatic heterocycles. The first kappa shape index (κ1) is 14.9. The summed E-state index contributed by atoms with van der Waals surface area (Å²) in [5.74, 6) is -0.255. The summed E-state index contributed by atoms with van der Waals surface area (Å²) >= 11 is 0. The van der Waals surface area contributed by atoms with Gasteiger partial charge in [-0.25, -0.2) is 4.79 Å². The monoisotopic (exact) mass is 280 g/mol. The molecule has 1 heterocycles. The van der Waals surface area contributed by atoms with E-state index in [0.717, 1.165) is 38.6 Å². The molecular weight excluding hydrogens is 256 g/mol. The standard InChI is InChI=1S/C15H24N2O3/c18-14(19)9-8-13-7-3-4-10-17(13)15(20)16-11-12-5-1-2-6-12/h1-2,12-13H,3-11H2,(H,16,20)(H,18,19). The Morgan fingerprint density at radius 1 is 1.25 bits per heavy atom. The number of carbonyl (C=O) groups is 2. The molecule has 5 nitrogen and oxygen atoms in total. The number of hydrogen-bond donors (Lipinski definition) is 2. The lowest BCUT2D eigenvalue weighted by Crippen LogP contribution is -2.49. The summed E-state index contributed by atoms with van der Waals surface area (Å²) in [6.45, 7) is 1.47. The molecule has 1 aliphatic heterocycles. The van der Waals surface area contributed by atoms with Crippen molar-refractivity contribution in [3.05, 3.63) is 12.2 Å². The van der Waals surface area contributed by atoms with Gasteiger partial charge in [-0.2, -0.15) is 0 Å². The fraction of sp³-hybridized carbons (Fsp3) is 0.733. The molecule has 1 atom stereocenters. The van der Waals surface area contributed by atoms with Gasteiger partial charge in [0.25, 0.3) is 0 Å². The minimum absolute atomic E-state index is 0.0213. The molecule has 20 heavy (non-hydrogen) atoms. The molecule has 0 aromatic carbocycles. The summed E-state index contributed by atoms with van der Waals surface area (Å²) in [6, 6.07) is 0.0635. The van der Waals surface area contributed by atoms with E-state index in [1.807, 2.05) is 4.90 Å². The van der Waals surface area contributed by atoms with Gasteiger partial charge in [-0.05, 0) is 44.4 Å². The van der Waals surface area contributed by atoms with Crippen LogP contribution in [0.3, 0.4) is 0 Å². The Balaban J connectivity index is 1.79. The quantitative estimate of drug-likeness (QED) is 0.760. The highest BCUT2D eigenvalue weighted by atomic mass is 16.4. The van der Waals surface area contributed by atoms with Crippen molar-refractivity contribution >= 4 is 12.0 Å². The summed E-state index contributed by atoms with van der Waals surface area (Å²) in [7, 11) is 0. The van der Waals surface area contributed by atoms with Gasteiger partial charge in [0, 0.05) is 25.6 Å². The number of hydrogen-bond acceptors (Lipinski definition) is 2. The molecule has 5 heteroatoms. The van der Waals surface area contributed by atoms with Crippen LogP contribution in [-0.2, 0) is 4.79 Å². The van der Waals surface area contributed by atoms with E-state index in [4.69, 9.17) is 5.11 Å². The molecule has 112 valence electrons. The topological polar surface area (TPSA) is 69.6 Å². The fourth-order valence-corrected chi connectivity index (χ4v) is 3.03. The lowest BCUT2D eigenvalue weighted by molar-refractivity contribution is -0.137. The van der Waals surface area contributed by atoms with E-state index in [2.05, 4.69) is 17.5 Å². The zero-order valence-electron chi connectivity index (χ0n) is 11.9. The number of carboxylic acid groups (broad SMARTS) is 1. The first-order chi connectivity index (χ1) is 9.66. The Kier molecular flexibility index (Phi) is 5.44. The summed E-state index contributed by atoms with van der Waals surface area (Å²) in [5, 5.41) is 11.8. The lowest BCUT2D eigenvalue weighted by Gasteiger charge is -2.35. The molecule has 0 radical (unpaired) electrons. The number of carbonyl (C=O) groups excluding carboxylic acids is 1. The SMILES string of the molecule is O=C(O)CCC1CCCCN1C(=O)NCC1CC=CC1. The molecule has 1 saturated heterocycles. The molecule has 0 bridgehead atoms. The molecule has 1 unspecified atom stereocenters. The van der Waals surface area contributed by atoms with Gasteiger partial charge in [0.05, 0.1) is 0 Å². The third-order valence-electron chi connectivity index (χ3n) is 4.23. The second-order valence-corrected chi connectivity index (χ2v) is 5.77. The average Bonchev–Trinajstić information content (AvgIpc) is 2.96. The minimum atomic E-state index is -0.784. The van der Waals surface area contributed by atoms with Crippen molar-refractivity contribution in [2.24, 2.45) is 5.92 Å². The Labute approximate surface area is 120 Å². The van der Waals surface area contributed by atoms with Gasteiger partial charge in [0.1, 0.15) is 0 Å². The normalized spacial score (nSPS) is 23.0. The van der Waals surface area contributed by atoms with Crippen molar-refractivity contribution in [1.82, 2.24) is 10.2 Å².